The van der Waals surface area contributed by atoms with Crippen LogP contribution in [0.2, 0.25) is 0 Å². The average Bonchev–Trinajstić information content (AvgIpc) is 2.31. The van der Waals surface area contributed by atoms with E-state index in [9.17, 15) is 8.42 Å². The van der Waals surface area contributed by atoms with Crippen molar-refractivity contribution in [1.82, 2.24) is 4.31 Å². The summed E-state index contributed by atoms with van der Waals surface area (Å²) in [5, 5.41) is 8.89. The van der Waals surface area contributed by atoms with Gasteiger partial charge in [0.1, 0.15) is 6.04 Å². The second-order valence-corrected chi connectivity index (χ2v) is 5.88. The molecule has 0 saturated carbocycles. The molecule has 1 aromatic carbocycles. The van der Waals surface area contributed by atoms with E-state index in [0.717, 1.165) is 9.87 Å². The fourth-order valence-corrected chi connectivity index (χ4v) is 2.82. The smallest absolute Gasteiger partial charge is 0.207 e. The van der Waals surface area contributed by atoms with E-state index in [1.54, 1.807) is 31.2 Å². The molecule has 0 N–H and O–H groups in total. The minimum atomic E-state index is -3.57. The maximum atomic E-state index is 12.2. The average molecular weight is 252 g/mol. The minimum Gasteiger partial charge on any atom is -0.207 e. The first kappa shape index (κ1) is 13.7. The Morgan fingerprint density at radius 3 is 2.29 bits per heavy atom. The lowest BCUT2D eigenvalue weighted by Crippen LogP contribution is -2.35. The van der Waals surface area contributed by atoms with Crippen molar-refractivity contribution >= 4 is 10.0 Å². The second kappa shape index (κ2) is 5.30. The van der Waals surface area contributed by atoms with Crippen molar-refractivity contribution in [3.8, 4) is 6.07 Å². The first-order chi connectivity index (χ1) is 7.93. The van der Waals surface area contributed by atoms with Crippen LogP contribution in [0.1, 0.15) is 18.9 Å². The number of benzene rings is 1. The summed E-state index contributed by atoms with van der Waals surface area (Å²) < 4.78 is 25.5. The van der Waals surface area contributed by atoms with Crippen molar-refractivity contribution < 1.29 is 8.42 Å². The molecule has 0 spiro atoms. The van der Waals surface area contributed by atoms with Gasteiger partial charge in [-0.2, -0.15) is 9.57 Å². The molecule has 1 atom stereocenters. The molecule has 0 aliphatic rings. The van der Waals surface area contributed by atoms with Crippen LogP contribution < -0.4 is 0 Å². The van der Waals surface area contributed by atoms with E-state index < -0.39 is 16.1 Å². The van der Waals surface area contributed by atoms with Crippen molar-refractivity contribution in [2.24, 2.45) is 0 Å². The molecular weight excluding hydrogens is 236 g/mol. The lowest BCUT2D eigenvalue weighted by Gasteiger charge is -2.21. The fraction of sp³-hybridized carbons (Fsp3) is 0.417. The number of hydrogen-bond donors (Lipinski definition) is 0. The summed E-state index contributed by atoms with van der Waals surface area (Å²) in [6, 6.07) is 7.97. The first-order valence-electron chi connectivity index (χ1n) is 5.37. The molecule has 0 unspecified atom stereocenters. The van der Waals surface area contributed by atoms with Crippen LogP contribution in [0.5, 0.6) is 0 Å². The standard InChI is InChI=1S/C12H16N2O2S/c1-4-11(9-13)14(3)17(15,16)12-7-5-10(2)6-8-12/h5-8,11H,4H2,1-3H3/t11-/m0/s1. The number of rotatable bonds is 4. The Hall–Kier alpha value is -1.38. The molecular formula is C12H16N2O2S. The van der Waals surface area contributed by atoms with Gasteiger partial charge in [0.2, 0.25) is 10.0 Å². The summed E-state index contributed by atoms with van der Waals surface area (Å²) in [4.78, 5) is 0.222. The van der Waals surface area contributed by atoms with Crippen LogP contribution in [0, 0.1) is 18.3 Å². The van der Waals surface area contributed by atoms with Gasteiger partial charge in [-0.1, -0.05) is 24.6 Å². The molecule has 0 amide bonds. The maximum absolute atomic E-state index is 12.2. The van der Waals surface area contributed by atoms with Gasteiger partial charge in [-0.3, -0.25) is 0 Å². The van der Waals surface area contributed by atoms with E-state index >= 15 is 0 Å². The normalized spacial score (nSPS) is 13.4. The monoisotopic (exact) mass is 252 g/mol. The summed E-state index contributed by atoms with van der Waals surface area (Å²) in [6.45, 7) is 3.68. The quantitative estimate of drug-likeness (QED) is 0.822. The molecule has 0 aromatic heterocycles. The predicted octanol–water partition coefficient (Wildman–Crippen LogP) is 1.92. The molecule has 0 fully saturated rings. The van der Waals surface area contributed by atoms with Gasteiger partial charge >= 0.3 is 0 Å². The van der Waals surface area contributed by atoms with Crippen molar-refractivity contribution in [1.29, 1.82) is 5.26 Å². The number of aryl methyl sites for hydroxylation is 1. The predicted molar refractivity (Wildman–Crippen MR) is 65.8 cm³/mol. The summed E-state index contributed by atoms with van der Waals surface area (Å²) in [5.41, 5.74) is 0.999. The number of sulfonamides is 1. The van der Waals surface area contributed by atoms with E-state index in [1.165, 1.54) is 7.05 Å². The summed E-state index contributed by atoms with van der Waals surface area (Å²) in [6.07, 6.45) is 0.470. The Labute approximate surface area is 103 Å². The van der Waals surface area contributed by atoms with Gasteiger partial charge < -0.3 is 0 Å². The summed E-state index contributed by atoms with van der Waals surface area (Å²) in [5.74, 6) is 0. The zero-order chi connectivity index (χ0) is 13.1. The Morgan fingerprint density at radius 1 is 1.35 bits per heavy atom. The maximum Gasteiger partial charge on any atom is 0.244 e. The van der Waals surface area contributed by atoms with E-state index in [4.69, 9.17) is 5.26 Å². The van der Waals surface area contributed by atoms with E-state index in [-0.39, 0.29) is 4.90 Å². The molecule has 0 heterocycles. The molecule has 17 heavy (non-hydrogen) atoms. The molecule has 0 bridgehead atoms. The summed E-state index contributed by atoms with van der Waals surface area (Å²) >= 11 is 0. The van der Waals surface area contributed by atoms with Crippen molar-refractivity contribution in [3.05, 3.63) is 29.8 Å². The third kappa shape index (κ3) is 2.84. The highest BCUT2D eigenvalue weighted by atomic mass is 32.2. The van der Waals surface area contributed by atoms with Crippen LogP contribution in [-0.2, 0) is 10.0 Å². The molecule has 1 rings (SSSR count). The van der Waals surface area contributed by atoms with Crippen molar-refractivity contribution in [3.63, 3.8) is 0 Å². The number of hydrogen-bond acceptors (Lipinski definition) is 3. The van der Waals surface area contributed by atoms with E-state index in [2.05, 4.69) is 0 Å². The van der Waals surface area contributed by atoms with Gasteiger partial charge in [0, 0.05) is 7.05 Å². The van der Waals surface area contributed by atoms with Gasteiger partial charge in [0.05, 0.1) is 11.0 Å². The Morgan fingerprint density at radius 2 is 1.88 bits per heavy atom. The fourth-order valence-electron chi connectivity index (χ4n) is 1.47. The molecule has 1 aromatic rings. The van der Waals surface area contributed by atoms with Gasteiger partial charge in [-0.15, -0.1) is 0 Å². The molecule has 0 aliphatic heterocycles. The molecule has 92 valence electrons. The zero-order valence-electron chi connectivity index (χ0n) is 10.2. The van der Waals surface area contributed by atoms with Gasteiger partial charge in [-0.05, 0) is 25.5 Å². The zero-order valence-corrected chi connectivity index (χ0v) is 11.0. The van der Waals surface area contributed by atoms with Gasteiger partial charge in [-0.25, -0.2) is 8.42 Å². The van der Waals surface area contributed by atoms with Crippen LogP contribution in [0.4, 0.5) is 0 Å². The van der Waals surface area contributed by atoms with E-state index in [1.807, 2.05) is 13.0 Å². The molecule has 0 radical (unpaired) electrons. The third-order valence-corrected chi connectivity index (χ3v) is 4.55. The highest BCUT2D eigenvalue weighted by molar-refractivity contribution is 7.89. The number of nitrogens with zero attached hydrogens (tertiary/aromatic N) is 2. The Kier molecular flexibility index (Phi) is 4.27. The third-order valence-electron chi connectivity index (χ3n) is 2.67. The van der Waals surface area contributed by atoms with Crippen LogP contribution >= 0.6 is 0 Å². The van der Waals surface area contributed by atoms with Crippen LogP contribution in [0.3, 0.4) is 0 Å². The Balaban J connectivity index is 3.12. The minimum absolute atomic E-state index is 0.222. The Bertz CT molecular complexity index is 514. The number of nitriles is 1. The SMILES string of the molecule is CC[C@@H](C#N)N(C)S(=O)(=O)c1ccc(C)cc1. The molecule has 0 saturated heterocycles. The van der Waals surface area contributed by atoms with E-state index in [0.29, 0.717) is 6.42 Å². The molecule has 0 aliphatic carbocycles. The highest BCUT2D eigenvalue weighted by Crippen LogP contribution is 2.17. The van der Waals surface area contributed by atoms with Crippen molar-refractivity contribution in [2.45, 2.75) is 31.2 Å². The topological polar surface area (TPSA) is 61.2 Å². The lowest BCUT2D eigenvalue weighted by atomic mass is 10.2. The lowest BCUT2D eigenvalue weighted by molar-refractivity contribution is 0.415. The van der Waals surface area contributed by atoms with Crippen LogP contribution in [0.15, 0.2) is 29.2 Å². The summed E-state index contributed by atoms with van der Waals surface area (Å²) in [7, 11) is -2.13. The molecule has 4 nitrogen and oxygen atoms in total. The van der Waals surface area contributed by atoms with Crippen LogP contribution in [-0.4, -0.2) is 25.8 Å². The van der Waals surface area contributed by atoms with Gasteiger partial charge in [0.15, 0.2) is 0 Å². The molecule has 5 heteroatoms. The van der Waals surface area contributed by atoms with Gasteiger partial charge in [0.25, 0.3) is 0 Å². The first-order valence-corrected chi connectivity index (χ1v) is 6.81. The van der Waals surface area contributed by atoms with Crippen molar-refractivity contribution in [2.75, 3.05) is 7.05 Å². The van der Waals surface area contributed by atoms with Crippen LogP contribution in [0.25, 0.3) is 0 Å². The largest absolute Gasteiger partial charge is 0.244 e. The highest BCUT2D eigenvalue weighted by Gasteiger charge is 2.26. The second-order valence-electron chi connectivity index (χ2n) is 3.89.